The third-order valence-corrected chi connectivity index (χ3v) is 11.0. The minimum absolute atomic E-state index is 0.942. The summed E-state index contributed by atoms with van der Waals surface area (Å²) in [7, 11) is -3.20. The van der Waals surface area contributed by atoms with Crippen LogP contribution < -0.4 is 5.73 Å². The van der Waals surface area contributed by atoms with Crippen molar-refractivity contribution in [3.8, 4) is 0 Å². The van der Waals surface area contributed by atoms with Crippen molar-refractivity contribution in [2.24, 2.45) is 5.73 Å². The third kappa shape index (κ3) is 7.15. The Kier molecular flexibility index (Phi) is 10.2. The minimum Gasteiger partial charge on any atom is -0.456 e. The molecule has 0 bridgehead atoms. The van der Waals surface area contributed by atoms with Crippen molar-refractivity contribution < 1.29 is 4.12 Å². The van der Waals surface area contributed by atoms with E-state index in [1.54, 1.807) is 6.20 Å². The number of nitrogens with two attached hydrogens (primary N) is 1. The first-order valence-corrected chi connectivity index (χ1v) is 11.3. The Morgan fingerprint density at radius 3 is 1.79 bits per heavy atom. The zero-order valence-corrected chi connectivity index (χ0v) is 14.0. The Bertz CT molecular complexity index is 300. The molecular weight excluding hydrogens is 266 g/mol. The molecule has 2 N–H and O–H groups in total. The van der Waals surface area contributed by atoms with E-state index in [0.29, 0.717) is 0 Å². The first-order valence-electron chi connectivity index (χ1n) is 6.66. The monoisotopic (exact) mass is 293 g/mol. The van der Waals surface area contributed by atoms with Crippen molar-refractivity contribution in [1.29, 1.82) is 0 Å². The molecule has 0 amide bonds. The molecule has 1 atom stereocenters. The summed E-state index contributed by atoms with van der Waals surface area (Å²) in [5, 5.41) is 0. The maximum Gasteiger partial charge on any atom is 0.190 e. The van der Waals surface area contributed by atoms with E-state index in [2.05, 4.69) is 26.3 Å². The molecule has 0 saturated heterocycles. The Hall–Kier alpha value is -1.11. The Morgan fingerprint density at radius 2 is 1.42 bits per heavy atom. The first-order chi connectivity index (χ1) is 9.17. The first kappa shape index (κ1) is 17.9. The maximum atomic E-state index is 6.59. The van der Waals surface area contributed by atoms with Crippen LogP contribution in [0.5, 0.6) is 0 Å². The highest BCUT2D eigenvalue weighted by Crippen LogP contribution is 2.26. The second-order valence-corrected chi connectivity index (χ2v) is 11.3. The highest BCUT2D eigenvalue weighted by atomic mass is 28.4. The van der Waals surface area contributed by atoms with E-state index >= 15 is 0 Å². The van der Waals surface area contributed by atoms with Crippen LogP contribution in [-0.4, -0.2) is 17.4 Å². The van der Waals surface area contributed by atoms with Gasteiger partial charge in [0.25, 0.3) is 0 Å². The molecule has 19 heavy (non-hydrogen) atoms. The van der Waals surface area contributed by atoms with E-state index in [0.717, 1.165) is 30.2 Å². The number of hydrogen-bond donors (Lipinski definition) is 1. The largest absolute Gasteiger partial charge is 0.456 e. The fourth-order valence-corrected chi connectivity index (χ4v) is 10.0. The van der Waals surface area contributed by atoms with E-state index in [9.17, 15) is 0 Å². The molecule has 1 unspecified atom stereocenters. The second-order valence-electron chi connectivity index (χ2n) is 4.59. The summed E-state index contributed by atoms with van der Waals surface area (Å²) in [6.45, 7) is 15.4. The number of hydrogen-bond acceptors (Lipinski definition) is 2. The van der Waals surface area contributed by atoms with Gasteiger partial charge in [-0.1, -0.05) is 30.4 Å². The number of rotatable bonds is 12. The molecule has 0 rings (SSSR count). The molecule has 2 nitrogen and oxygen atoms in total. The second kappa shape index (κ2) is 10.8. The normalized spacial score (nSPS) is 13.1. The molecule has 0 spiro atoms. The zero-order chi connectivity index (χ0) is 14.6. The molecular formula is C15H27NOSi2. The van der Waals surface area contributed by atoms with Crippen molar-refractivity contribution >= 4 is 17.4 Å². The van der Waals surface area contributed by atoms with Crippen LogP contribution in [0.25, 0.3) is 0 Å². The van der Waals surface area contributed by atoms with Crippen LogP contribution in [0.1, 0.15) is 0 Å². The van der Waals surface area contributed by atoms with Gasteiger partial charge >= 0.3 is 0 Å². The number of allylic oxidation sites excluding steroid dienone is 5. The summed E-state index contributed by atoms with van der Waals surface area (Å²) in [6.07, 6.45) is 11.5. The van der Waals surface area contributed by atoms with Crippen molar-refractivity contribution in [2.75, 3.05) is 0 Å². The van der Waals surface area contributed by atoms with E-state index in [4.69, 9.17) is 9.85 Å². The summed E-state index contributed by atoms with van der Waals surface area (Å²) >= 11 is 0. The van der Waals surface area contributed by atoms with E-state index in [1.807, 2.05) is 30.4 Å². The molecule has 0 aromatic heterocycles. The molecule has 0 aromatic rings. The predicted molar refractivity (Wildman–Crippen MR) is 92.1 cm³/mol. The topological polar surface area (TPSA) is 35.2 Å². The third-order valence-electron chi connectivity index (χ3n) is 2.93. The Labute approximate surface area is 120 Å². The zero-order valence-electron chi connectivity index (χ0n) is 11.9. The average Bonchev–Trinajstić information content (AvgIpc) is 2.37. The van der Waals surface area contributed by atoms with Crippen molar-refractivity contribution in [2.45, 2.75) is 30.2 Å². The van der Waals surface area contributed by atoms with Gasteiger partial charge in [-0.2, -0.15) is 0 Å². The predicted octanol–water partition coefficient (Wildman–Crippen LogP) is 3.89. The lowest BCUT2D eigenvalue weighted by atomic mass is 10.7. The Morgan fingerprint density at radius 1 is 0.895 bits per heavy atom. The van der Waals surface area contributed by atoms with Crippen LogP contribution in [0.4, 0.5) is 0 Å². The maximum absolute atomic E-state index is 6.59. The van der Waals surface area contributed by atoms with Crippen LogP contribution in [-0.2, 0) is 4.12 Å². The molecule has 0 aromatic carbocycles. The molecule has 106 valence electrons. The van der Waals surface area contributed by atoms with Gasteiger partial charge in [0.15, 0.2) is 17.4 Å². The summed E-state index contributed by atoms with van der Waals surface area (Å²) in [5.74, 6) is 0. The van der Waals surface area contributed by atoms with Gasteiger partial charge in [0, 0.05) is 0 Å². The molecule has 0 fully saturated rings. The van der Waals surface area contributed by atoms with Crippen LogP contribution in [0.3, 0.4) is 0 Å². The van der Waals surface area contributed by atoms with Crippen LogP contribution in [0.15, 0.2) is 62.9 Å². The van der Waals surface area contributed by atoms with Gasteiger partial charge in [0.05, 0.1) is 0 Å². The fourth-order valence-electron chi connectivity index (χ4n) is 2.15. The molecule has 0 aliphatic rings. The minimum atomic E-state index is -1.86. The fraction of sp³-hybridized carbons (Fsp3) is 0.333. The van der Waals surface area contributed by atoms with Gasteiger partial charge in [-0.15, -0.1) is 26.3 Å². The highest BCUT2D eigenvalue weighted by molar-refractivity contribution is 6.81. The molecule has 0 radical (unpaired) electrons. The summed E-state index contributed by atoms with van der Waals surface area (Å²) in [4.78, 5) is 0. The van der Waals surface area contributed by atoms with Gasteiger partial charge in [0.2, 0.25) is 0 Å². The molecule has 0 heterocycles. The van der Waals surface area contributed by atoms with Crippen molar-refractivity contribution in [3.05, 3.63) is 62.9 Å². The standard InChI is InChI=1S/C15H27NOSi2/c1-5-11-18(12-9-10-16)17-19(13-6-2,14-7-3)15-8-4/h5-10,18H,1-4,11-16H2. The van der Waals surface area contributed by atoms with Gasteiger partial charge < -0.3 is 9.85 Å². The highest BCUT2D eigenvalue weighted by Gasteiger charge is 2.33. The van der Waals surface area contributed by atoms with E-state index in [-0.39, 0.29) is 0 Å². The van der Waals surface area contributed by atoms with E-state index in [1.165, 1.54) is 0 Å². The summed E-state index contributed by atoms with van der Waals surface area (Å²) in [5.41, 5.74) is 5.44. The molecule has 4 heteroatoms. The van der Waals surface area contributed by atoms with Gasteiger partial charge in [-0.3, -0.25) is 0 Å². The van der Waals surface area contributed by atoms with Gasteiger partial charge in [-0.05, 0) is 36.4 Å². The molecule has 0 aliphatic heterocycles. The van der Waals surface area contributed by atoms with Crippen LogP contribution in [0.2, 0.25) is 30.2 Å². The average molecular weight is 294 g/mol. The van der Waals surface area contributed by atoms with E-state index < -0.39 is 17.4 Å². The summed E-state index contributed by atoms with van der Waals surface area (Å²) in [6, 6.07) is 4.74. The molecule has 0 aliphatic carbocycles. The quantitative estimate of drug-likeness (QED) is 0.438. The van der Waals surface area contributed by atoms with Gasteiger partial charge in [0.1, 0.15) is 0 Å². The summed E-state index contributed by atoms with van der Waals surface area (Å²) < 4.78 is 6.59. The lowest BCUT2D eigenvalue weighted by Crippen LogP contribution is -2.42. The van der Waals surface area contributed by atoms with Crippen LogP contribution >= 0.6 is 0 Å². The lowest BCUT2D eigenvalue weighted by Gasteiger charge is -2.33. The lowest BCUT2D eigenvalue weighted by molar-refractivity contribution is 0.556. The SMILES string of the molecule is C=CC[SiH](CC=CN)O[Si](CC=C)(CC=C)CC=C. The van der Waals surface area contributed by atoms with Crippen molar-refractivity contribution in [3.63, 3.8) is 0 Å². The van der Waals surface area contributed by atoms with Gasteiger partial charge in [-0.25, -0.2) is 0 Å². The smallest absolute Gasteiger partial charge is 0.190 e. The Balaban J connectivity index is 4.96. The molecule has 0 saturated carbocycles. The van der Waals surface area contributed by atoms with Crippen LogP contribution in [0, 0.1) is 0 Å². The van der Waals surface area contributed by atoms with Crippen molar-refractivity contribution in [1.82, 2.24) is 0 Å².